The molecule has 2 aromatic carbocycles. The van der Waals surface area contributed by atoms with Gasteiger partial charge < -0.3 is 53.7 Å². The van der Waals surface area contributed by atoms with Crippen molar-refractivity contribution in [2.24, 2.45) is 0 Å². The fourth-order valence-electron chi connectivity index (χ4n) is 6.35. The van der Waals surface area contributed by atoms with Crippen LogP contribution in [0.1, 0.15) is 27.7 Å². The molecule has 2 fully saturated rings. The van der Waals surface area contributed by atoms with Gasteiger partial charge in [-0.2, -0.15) is 0 Å². The quantitative estimate of drug-likeness (QED) is 0.0787. The maximum Gasteiger partial charge on any atom is 1.00 e. The molecule has 4 rings (SSSR count). The van der Waals surface area contributed by atoms with Crippen LogP contribution in [0.2, 0.25) is 5.04 Å². The standard InChI is InChI=1S/C31H45NO14SSi.Na/c1-18(34)32-23-28(46-47(38,39)40)27(45-30-26(37)25(36)24(35)21(16-33)43-30)22(44-29(23)41-5)17-42-48(31(2,3)4,19-12-8-6-9-13-19)20-14-10-7-11-15-20;/h6-15,21-30,33,35-37H,16-17H2,1-5H3,(H,32,34)(H,38,39,40);/q;+1/p-1/t21-,22-,23-,24-,25+,26-,27-,28-,29+,30+;/m1./s1. The van der Waals surface area contributed by atoms with E-state index in [-0.39, 0.29) is 36.2 Å². The summed E-state index contributed by atoms with van der Waals surface area (Å²) in [5.74, 6) is -0.656. The first kappa shape index (κ1) is 42.1. The molecule has 268 valence electrons. The Morgan fingerprint density at radius 1 is 0.898 bits per heavy atom. The summed E-state index contributed by atoms with van der Waals surface area (Å²) in [6.07, 6.45) is -14.9. The summed E-state index contributed by atoms with van der Waals surface area (Å²) < 4.78 is 71.6. The fourth-order valence-corrected chi connectivity index (χ4v) is 11.4. The molecule has 2 aliphatic heterocycles. The smallest absolute Gasteiger partial charge is 0.726 e. The Balaban J connectivity index is 0.00000650. The zero-order chi connectivity index (χ0) is 35.4. The molecule has 2 saturated heterocycles. The minimum atomic E-state index is -5.48. The number of aliphatic hydroxyl groups is 4. The number of aliphatic hydroxyl groups excluding tert-OH is 4. The van der Waals surface area contributed by atoms with Crippen molar-refractivity contribution in [3.05, 3.63) is 60.7 Å². The predicted octanol–water partition coefficient (Wildman–Crippen LogP) is -4.53. The van der Waals surface area contributed by atoms with E-state index in [4.69, 9.17) is 27.6 Å². The van der Waals surface area contributed by atoms with Gasteiger partial charge >= 0.3 is 29.6 Å². The summed E-state index contributed by atoms with van der Waals surface area (Å²) >= 11 is 0. The van der Waals surface area contributed by atoms with Gasteiger partial charge in [-0.25, -0.2) is 8.42 Å². The molecule has 15 nitrogen and oxygen atoms in total. The van der Waals surface area contributed by atoms with E-state index in [1.54, 1.807) is 0 Å². The second-order valence-corrected chi connectivity index (χ2v) is 18.1. The van der Waals surface area contributed by atoms with Gasteiger partial charge in [0.2, 0.25) is 16.3 Å². The Labute approximate surface area is 309 Å². The molecular weight excluding hydrogens is 693 g/mol. The number of rotatable bonds is 12. The Bertz CT molecular complexity index is 1410. The second-order valence-electron chi connectivity index (χ2n) is 12.7. The minimum Gasteiger partial charge on any atom is -0.726 e. The molecule has 10 atom stereocenters. The van der Waals surface area contributed by atoms with Crippen molar-refractivity contribution in [3.63, 3.8) is 0 Å². The maximum absolute atomic E-state index is 12.2. The summed E-state index contributed by atoms with van der Waals surface area (Å²) in [4.78, 5) is 12.2. The molecule has 2 heterocycles. The first-order valence-electron chi connectivity index (χ1n) is 15.3. The van der Waals surface area contributed by atoms with Crippen LogP contribution in [-0.4, -0.2) is 129 Å². The van der Waals surface area contributed by atoms with Gasteiger partial charge in [0.1, 0.15) is 48.8 Å². The van der Waals surface area contributed by atoms with Gasteiger partial charge in [0.05, 0.1) is 13.2 Å². The minimum absolute atomic E-state index is 0. The van der Waals surface area contributed by atoms with Crippen LogP contribution in [0.5, 0.6) is 0 Å². The normalized spacial score (nSPS) is 31.1. The van der Waals surface area contributed by atoms with E-state index < -0.39 is 97.6 Å². The first-order chi connectivity index (χ1) is 22.5. The average molecular weight is 738 g/mol. The molecule has 0 aromatic heterocycles. The summed E-state index contributed by atoms with van der Waals surface area (Å²) in [6.45, 7) is 6.14. The van der Waals surface area contributed by atoms with Crippen LogP contribution >= 0.6 is 0 Å². The molecule has 2 aliphatic rings. The SMILES string of the molecule is CO[C@H]1O[C@H](CO[Si](c2ccccc2)(c2ccccc2)C(C)(C)C)[C@@H](O[C@@H]2O[C@H](CO)[C@@H](O)[C@H](O)[C@H]2O)[C@H](OS(=O)(=O)[O-])[C@H]1NC(C)=O.[Na+]. The third-order valence-corrected chi connectivity index (χ3v) is 14.0. The van der Waals surface area contributed by atoms with Gasteiger partial charge in [0.25, 0.3) is 8.32 Å². The number of benzene rings is 2. The summed E-state index contributed by atoms with van der Waals surface area (Å²) in [5.41, 5.74) is 0. The topological polar surface area (TPSA) is 223 Å². The predicted molar refractivity (Wildman–Crippen MR) is 170 cm³/mol. The van der Waals surface area contributed by atoms with Crippen molar-refractivity contribution in [2.75, 3.05) is 20.3 Å². The van der Waals surface area contributed by atoms with Crippen molar-refractivity contribution in [2.45, 2.75) is 94.1 Å². The van der Waals surface area contributed by atoms with Gasteiger partial charge in [-0.05, 0) is 15.4 Å². The maximum atomic E-state index is 12.2. The van der Waals surface area contributed by atoms with Crippen LogP contribution in [0, 0.1) is 0 Å². The van der Waals surface area contributed by atoms with E-state index in [9.17, 15) is 38.2 Å². The molecule has 5 N–H and O–H groups in total. The number of nitrogens with one attached hydrogen (secondary N) is 1. The number of carbonyl (C=O) groups excluding carboxylic acids is 1. The second kappa shape index (κ2) is 17.4. The fraction of sp³-hybridized carbons (Fsp3) is 0.581. The van der Waals surface area contributed by atoms with Crippen LogP contribution in [0.4, 0.5) is 0 Å². The number of methoxy groups -OCH3 is 1. The molecule has 0 aliphatic carbocycles. The molecule has 0 bridgehead atoms. The molecule has 49 heavy (non-hydrogen) atoms. The van der Waals surface area contributed by atoms with Crippen LogP contribution in [-0.2, 0) is 42.8 Å². The third kappa shape index (κ3) is 9.55. The molecule has 0 radical (unpaired) electrons. The van der Waals surface area contributed by atoms with E-state index in [0.717, 1.165) is 17.3 Å². The van der Waals surface area contributed by atoms with E-state index in [1.165, 1.54) is 7.11 Å². The van der Waals surface area contributed by atoms with Crippen LogP contribution in [0.25, 0.3) is 0 Å². The summed E-state index contributed by atoms with van der Waals surface area (Å²) in [7, 11) is -7.51. The first-order valence-corrected chi connectivity index (χ1v) is 18.6. The van der Waals surface area contributed by atoms with Gasteiger partial charge in [-0.3, -0.25) is 8.98 Å². The molecule has 2 aromatic rings. The third-order valence-electron chi connectivity index (χ3n) is 8.50. The number of carbonyl (C=O) groups is 1. The Morgan fingerprint density at radius 3 is 1.88 bits per heavy atom. The van der Waals surface area contributed by atoms with Crippen molar-refractivity contribution >= 4 is 35.0 Å². The van der Waals surface area contributed by atoms with E-state index in [1.807, 2.05) is 81.4 Å². The van der Waals surface area contributed by atoms with Gasteiger partial charge in [-0.1, -0.05) is 81.4 Å². The van der Waals surface area contributed by atoms with Crippen molar-refractivity contribution < 1.29 is 95.3 Å². The molecular formula is C31H44NNaO14SSi. The molecule has 18 heteroatoms. The van der Waals surface area contributed by atoms with Crippen molar-refractivity contribution in [1.82, 2.24) is 5.32 Å². The number of hydrogen-bond donors (Lipinski definition) is 5. The van der Waals surface area contributed by atoms with Crippen LogP contribution in [0.3, 0.4) is 0 Å². The van der Waals surface area contributed by atoms with E-state index >= 15 is 0 Å². The van der Waals surface area contributed by atoms with Crippen molar-refractivity contribution in [3.8, 4) is 0 Å². The zero-order valence-corrected chi connectivity index (χ0v) is 32.1. The molecule has 1 amide bonds. The molecule has 0 unspecified atom stereocenters. The number of ether oxygens (including phenoxy) is 4. The van der Waals surface area contributed by atoms with Crippen molar-refractivity contribution in [1.29, 1.82) is 0 Å². The monoisotopic (exact) mass is 737 g/mol. The Kier molecular flexibility index (Phi) is 15.0. The largest absolute Gasteiger partial charge is 1.00 e. The molecule has 0 spiro atoms. The van der Waals surface area contributed by atoms with E-state index in [2.05, 4.69) is 5.32 Å². The van der Waals surface area contributed by atoms with Gasteiger partial charge in [-0.15, -0.1) is 0 Å². The van der Waals surface area contributed by atoms with Gasteiger partial charge in [0.15, 0.2) is 12.6 Å². The van der Waals surface area contributed by atoms with Crippen LogP contribution < -0.4 is 45.2 Å². The van der Waals surface area contributed by atoms with Gasteiger partial charge in [0, 0.05) is 14.0 Å². The van der Waals surface area contributed by atoms with E-state index in [0.29, 0.717) is 0 Å². The Morgan fingerprint density at radius 2 is 1.43 bits per heavy atom. The zero-order valence-electron chi connectivity index (χ0n) is 28.2. The number of hydrogen-bond acceptors (Lipinski definition) is 14. The Hall–Kier alpha value is -1.36. The number of amides is 1. The summed E-state index contributed by atoms with van der Waals surface area (Å²) in [5, 5.41) is 45.1. The molecule has 0 saturated carbocycles. The average Bonchev–Trinajstić information content (AvgIpc) is 3.03. The summed E-state index contributed by atoms with van der Waals surface area (Å²) in [6, 6.07) is 17.7. The van der Waals surface area contributed by atoms with Crippen LogP contribution in [0.15, 0.2) is 60.7 Å².